The Hall–Kier alpha value is -1.69. The normalized spacial score (nSPS) is 20.2. The molecule has 0 amide bonds. The van der Waals surface area contributed by atoms with E-state index in [1.54, 1.807) is 6.07 Å². The van der Waals surface area contributed by atoms with Crippen molar-refractivity contribution in [1.82, 2.24) is 24.9 Å². The molecule has 3 rings (SSSR count). The predicted molar refractivity (Wildman–Crippen MR) is 63.0 cm³/mol. The van der Waals surface area contributed by atoms with Gasteiger partial charge >= 0.3 is 0 Å². The first-order chi connectivity index (χ1) is 8.28. The van der Waals surface area contributed by atoms with E-state index in [0.29, 0.717) is 5.78 Å². The lowest BCUT2D eigenvalue weighted by molar-refractivity contribution is 0.624. The van der Waals surface area contributed by atoms with Gasteiger partial charge in [0.2, 0.25) is 0 Å². The average molecular weight is 233 g/mol. The van der Waals surface area contributed by atoms with Crippen LogP contribution in [0.4, 0.5) is 0 Å². The number of nitrogens with one attached hydrogen (secondary N) is 2. The summed E-state index contributed by atoms with van der Waals surface area (Å²) in [6, 6.07) is 1.79. The van der Waals surface area contributed by atoms with E-state index in [-0.39, 0.29) is 11.6 Å². The summed E-state index contributed by atoms with van der Waals surface area (Å²) in [5, 5.41) is 6.28. The van der Waals surface area contributed by atoms with Crippen molar-refractivity contribution < 1.29 is 0 Å². The van der Waals surface area contributed by atoms with Gasteiger partial charge in [0.25, 0.3) is 11.3 Å². The van der Waals surface area contributed by atoms with Gasteiger partial charge in [-0.3, -0.25) is 9.89 Å². The number of hydrogen-bond donors (Lipinski definition) is 2. The zero-order chi connectivity index (χ0) is 11.8. The fourth-order valence-corrected chi connectivity index (χ4v) is 2.22. The van der Waals surface area contributed by atoms with E-state index in [4.69, 9.17) is 0 Å². The van der Waals surface area contributed by atoms with Gasteiger partial charge in [-0.1, -0.05) is 6.92 Å². The van der Waals surface area contributed by atoms with E-state index in [0.717, 1.165) is 37.3 Å². The van der Waals surface area contributed by atoms with Crippen molar-refractivity contribution in [2.75, 3.05) is 6.54 Å². The van der Waals surface area contributed by atoms with E-state index in [1.807, 2.05) is 6.92 Å². The molecular formula is C11H15N5O. The zero-order valence-corrected chi connectivity index (χ0v) is 9.73. The average Bonchev–Trinajstić information content (AvgIpc) is 2.97. The molecule has 1 unspecified atom stereocenters. The maximum atomic E-state index is 11.9. The summed E-state index contributed by atoms with van der Waals surface area (Å²) in [6.07, 6.45) is 2.93. The first-order valence-corrected chi connectivity index (χ1v) is 6.00. The van der Waals surface area contributed by atoms with Crippen LogP contribution in [0.2, 0.25) is 0 Å². The number of H-pyrrole nitrogens is 1. The molecule has 6 nitrogen and oxygen atoms in total. The van der Waals surface area contributed by atoms with Crippen LogP contribution in [0.25, 0.3) is 5.78 Å². The van der Waals surface area contributed by atoms with Gasteiger partial charge in [0.1, 0.15) is 5.82 Å². The van der Waals surface area contributed by atoms with Crippen molar-refractivity contribution in [3.8, 4) is 0 Å². The SMILES string of the molecule is CCc1nc2nc(C3CCCN3)cc(=O)n2[nH]1. The molecule has 3 heterocycles. The van der Waals surface area contributed by atoms with Crippen LogP contribution in [-0.4, -0.2) is 26.1 Å². The molecule has 1 fully saturated rings. The highest BCUT2D eigenvalue weighted by molar-refractivity contribution is 5.29. The second-order valence-corrected chi connectivity index (χ2v) is 4.33. The first kappa shape index (κ1) is 10.5. The molecule has 1 aliphatic heterocycles. The van der Waals surface area contributed by atoms with Crippen LogP contribution < -0.4 is 10.9 Å². The molecule has 0 aromatic carbocycles. The summed E-state index contributed by atoms with van der Waals surface area (Å²) >= 11 is 0. The van der Waals surface area contributed by atoms with Gasteiger partial charge in [-0.05, 0) is 19.4 Å². The number of aryl methyl sites for hydroxylation is 1. The van der Waals surface area contributed by atoms with Gasteiger partial charge < -0.3 is 5.32 Å². The van der Waals surface area contributed by atoms with Crippen LogP contribution in [0.15, 0.2) is 10.9 Å². The molecule has 1 atom stereocenters. The summed E-state index contributed by atoms with van der Waals surface area (Å²) in [5.74, 6) is 1.25. The Bertz CT molecular complexity index is 593. The Labute approximate surface area is 98.1 Å². The molecule has 0 spiro atoms. The molecule has 2 aromatic heterocycles. The molecular weight excluding hydrogens is 218 g/mol. The zero-order valence-electron chi connectivity index (χ0n) is 9.73. The Morgan fingerprint density at radius 1 is 1.53 bits per heavy atom. The van der Waals surface area contributed by atoms with E-state index in [2.05, 4.69) is 20.4 Å². The Morgan fingerprint density at radius 2 is 2.41 bits per heavy atom. The number of aromatic amines is 1. The number of hydrogen-bond acceptors (Lipinski definition) is 4. The van der Waals surface area contributed by atoms with E-state index < -0.39 is 0 Å². The predicted octanol–water partition coefficient (Wildman–Crippen LogP) is 0.404. The first-order valence-electron chi connectivity index (χ1n) is 6.00. The quantitative estimate of drug-likeness (QED) is 0.787. The molecule has 6 heteroatoms. The second kappa shape index (κ2) is 3.96. The van der Waals surface area contributed by atoms with Gasteiger partial charge in [-0.2, -0.15) is 9.50 Å². The third-order valence-corrected chi connectivity index (χ3v) is 3.15. The number of fused-ring (bicyclic) bond motifs is 1. The Balaban J connectivity index is 2.12. The topological polar surface area (TPSA) is 75.1 Å². The molecule has 0 radical (unpaired) electrons. The Kier molecular flexibility index (Phi) is 2.44. The number of rotatable bonds is 2. The van der Waals surface area contributed by atoms with Gasteiger partial charge in [0.15, 0.2) is 0 Å². The fraction of sp³-hybridized carbons (Fsp3) is 0.545. The van der Waals surface area contributed by atoms with E-state index >= 15 is 0 Å². The van der Waals surface area contributed by atoms with Crippen molar-refractivity contribution >= 4 is 5.78 Å². The minimum absolute atomic E-state index is 0.0918. The Morgan fingerprint density at radius 3 is 3.12 bits per heavy atom. The monoisotopic (exact) mass is 233 g/mol. The summed E-state index contributed by atoms with van der Waals surface area (Å²) in [7, 11) is 0. The van der Waals surface area contributed by atoms with Gasteiger partial charge in [0.05, 0.1) is 5.69 Å². The highest BCUT2D eigenvalue weighted by atomic mass is 16.1. The number of nitrogens with zero attached hydrogens (tertiary/aromatic N) is 3. The second-order valence-electron chi connectivity index (χ2n) is 4.33. The summed E-state index contributed by atoms with van der Waals surface area (Å²) in [5.41, 5.74) is 0.715. The summed E-state index contributed by atoms with van der Waals surface area (Å²) in [4.78, 5) is 20.6. The molecule has 17 heavy (non-hydrogen) atoms. The standard InChI is InChI=1S/C11H15N5O/c1-2-9-14-11-13-8(7-4-3-5-12-7)6-10(17)16(11)15-9/h6-7,12H,2-5H2,1H3,(H,13,14,15). The van der Waals surface area contributed by atoms with Crippen LogP contribution in [0.1, 0.15) is 37.3 Å². The highest BCUT2D eigenvalue weighted by Crippen LogP contribution is 2.20. The van der Waals surface area contributed by atoms with Crippen molar-refractivity contribution in [2.45, 2.75) is 32.2 Å². The minimum atomic E-state index is -0.0918. The van der Waals surface area contributed by atoms with Crippen molar-refractivity contribution in [3.63, 3.8) is 0 Å². The molecule has 90 valence electrons. The van der Waals surface area contributed by atoms with E-state index in [1.165, 1.54) is 4.52 Å². The van der Waals surface area contributed by atoms with Crippen LogP contribution in [0.3, 0.4) is 0 Å². The maximum absolute atomic E-state index is 11.9. The molecule has 2 aromatic rings. The maximum Gasteiger partial charge on any atom is 0.274 e. The van der Waals surface area contributed by atoms with Crippen molar-refractivity contribution in [3.05, 3.63) is 27.9 Å². The lowest BCUT2D eigenvalue weighted by atomic mass is 10.1. The molecule has 2 N–H and O–H groups in total. The van der Waals surface area contributed by atoms with Gasteiger partial charge in [0, 0.05) is 18.5 Å². The largest absolute Gasteiger partial charge is 0.309 e. The van der Waals surface area contributed by atoms with Crippen LogP contribution in [0.5, 0.6) is 0 Å². The fourth-order valence-electron chi connectivity index (χ4n) is 2.22. The van der Waals surface area contributed by atoms with Crippen molar-refractivity contribution in [1.29, 1.82) is 0 Å². The lowest BCUT2D eigenvalue weighted by Gasteiger charge is -2.07. The molecule has 0 bridgehead atoms. The number of aromatic nitrogens is 4. The third-order valence-electron chi connectivity index (χ3n) is 3.15. The van der Waals surface area contributed by atoms with Gasteiger partial charge in [-0.15, -0.1) is 0 Å². The van der Waals surface area contributed by atoms with Crippen LogP contribution in [-0.2, 0) is 6.42 Å². The lowest BCUT2D eigenvalue weighted by Crippen LogP contribution is -2.21. The third kappa shape index (κ3) is 1.74. The smallest absolute Gasteiger partial charge is 0.274 e. The molecule has 0 saturated carbocycles. The van der Waals surface area contributed by atoms with Crippen LogP contribution >= 0.6 is 0 Å². The van der Waals surface area contributed by atoms with Crippen molar-refractivity contribution in [2.24, 2.45) is 0 Å². The van der Waals surface area contributed by atoms with Crippen LogP contribution in [0, 0.1) is 0 Å². The van der Waals surface area contributed by atoms with Gasteiger partial charge in [-0.25, -0.2) is 4.98 Å². The molecule has 1 aliphatic rings. The highest BCUT2D eigenvalue weighted by Gasteiger charge is 2.19. The summed E-state index contributed by atoms with van der Waals surface area (Å²) in [6.45, 7) is 2.98. The summed E-state index contributed by atoms with van der Waals surface area (Å²) < 4.78 is 1.40. The van der Waals surface area contributed by atoms with E-state index in [9.17, 15) is 4.79 Å². The minimum Gasteiger partial charge on any atom is -0.309 e. The molecule has 0 aliphatic carbocycles. The molecule has 1 saturated heterocycles.